The molecule has 3 N–H and O–H groups in total. The first-order chi connectivity index (χ1) is 9.56. The third kappa shape index (κ3) is 3.54. The average Bonchev–Trinajstić information content (AvgIpc) is 2.43. The average molecular weight is 276 g/mol. The standard InChI is InChI=1S/C15H14F2N2O/c16-12-2-1-3-13(15(12)17)19-14(20)9-6-10-4-7-11(18)8-5-10/h1-5,7-8H,6,9,18H2,(H,19,20). The van der Waals surface area contributed by atoms with Crippen molar-refractivity contribution in [1.82, 2.24) is 0 Å². The highest BCUT2D eigenvalue weighted by atomic mass is 19.2. The molecule has 2 aromatic carbocycles. The molecule has 1 amide bonds. The minimum Gasteiger partial charge on any atom is -0.399 e. The summed E-state index contributed by atoms with van der Waals surface area (Å²) in [6, 6.07) is 10.8. The molecule has 104 valence electrons. The van der Waals surface area contributed by atoms with Crippen LogP contribution in [0, 0.1) is 11.6 Å². The van der Waals surface area contributed by atoms with E-state index in [0.717, 1.165) is 11.6 Å². The third-order valence-corrected chi connectivity index (χ3v) is 2.85. The van der Waals surface area contributed by atoms with E-state index in [1.165, 1.54) is 12.1 Å². The second-order valence-electron chi connectivity index (χ2n) is 4.39. The molecular formula is C15H14F2N2O. The Balaban J connectivity index is 1.92. The maximum absolute atomic E-state index is 13.4. The Bertz CT molecular complexity index is 612. The molecule has 2 aromatic rings. The fraction of sp³-hybridized carbons (Fsp3) is 0.133. The molecule has 0 aromatic heterocycles. The fourth-order valence-corrected chi connectivity index (χ4v) is 1.76. The van der Waals surface area contributed by atoms with Gasteiger partial charge in [-0.3, -0.25) is 4.79 Å². The topological polar surface area (TPSA) is 55.1 Å². The lowest BCUT2D eigenvalue weighted by Gasteiger charge is -2.07. The van der Waals surface area contributed by atoms with Crippen molar-refractivity contribution in [1.29, 1.82) is 0 Å². The predicted octanol–water partition coefficient (Wildman–Crippen LogP) is 3.12. The van der Waals surface area contributed by atoms with Crippen molar-refractivity contribution in [3.8, 4) is 0 Å². The number of hydrogen-bond donors (Lipinski definition) is 2. The number of nitrogen functional groups attached to an aromatic ring is 1. The van der Waals surface area contributed by atoms with Gasteiger partial charge in [0.2, 0.25) is 5.91 Å². The van der Waals surface area contributed by atoms with Gasteiger partial charge >= 0.3 is 0 Å². The quantitative estimate of drug-likeness (QED) is 0.843. The molecule has 0 aliphatic carbocycles. The van der Waals surface area contributed by atoms with Crippen molar-refractivity contribution in [2.45, 2.75) is 12.8 Å². The second kappa shape index (κ2) is 6.14. The van der Waals surface area contributed by atoms with Gasteiger partial charge in [0.15, 0.2) is 11.6 Å². The smallest absolute Gasteiger partial charge is 0.224 e. The number of carbonyl (C=O) groups excluding carboxylic acids is 1. The number of carbonyl (C=O) groups is 1. The Morgan fingerprint density at radius 1 is 1.10 bits per heavy atom. The summed E-state index contributed by atoms with van der Waals surface area (Å²) in [6.07, 6.45) is 0.683. The molecule has 3 nitrogen and oxygen atoms in total. The molecule has 0 atom stereocenters. The van der Waals surface area contributed by atoms with E-state index in [1.807, 2.05) is 12.1 Å². The van der Waals surface area contributed by atoms with Gasteiger partial charge in [-0.25, -0.2) is 8.78 Å². The lowest BCUT2D eigenvalue weighted by molar-refractivity contribution is -0.116. The zero-order valence-corrected chi connectivity index (χ0v) is 10.7. The largest absolute Gasteiger partial charge is 0.399 e. The molecule has 0 spiro atoms. The lowest BCUT2D eigenvalue weighted by atomic mass is 10.1. The monoisotopic (exact) mass is 276 g/mol. The summed E-state index contributed by atoms with van der Waals surface area (Å²) in [6.45, 7) is 0. The fourth-order valence-electron chi connectivity index (χ4n) is 1.76. The normalized spacial score (nSPS) is 10.3. The SMILES string of the molecule is Nc1ccc(CCC(=O)Nc2cccc(F)c2F)cc1. The van der Waals surface area contributed by atoms with Gasteiger partial charge in [-0.05, 0) is 36.2 Å². The van der Waals surface area contributed by atoms with Gasteiger partial charge in [0.05, 0.1) is 5.69 Å². The van der Waals surface area contributed by atoms with E-state index < -0.39 is 11.6 Å². The first kappa shape index (κ1) is 14.0. The molecule has 0 aliphatic heterocycles. The van der Waals surface area contributed by atoms with E-state index in [2.05, 4.69) is 5.32 Å². The number of nitrogens with one attached hydrogen (secondary N) is 1. The van der Waals surface area contributed by atoms with E-state index in [4.69, 9.17) is 5.73 Å². The zero-order chi connectivity index (χ0) is 14.5. The summed E-state index contributed by atoms with van der Waals surface area (Å²) in [5.74, 6) is -2.40. The van der Waals surface area contributed by atoms with Crippen LogP contribution in [0.3, 0.4) is 0 Å². The number of benzene rings is 2. The molecule has 0 radical (unpaired) electrons. The maximum Gasteiger partial charge on any atom is 0.224 e. The number of anilines is 2. The highest BCUT2D eigenvalue weighted by molar-refractivity contribution is 5.90. The summed E-state index contributed by atoms with van der Waals surface area (Å²) in [4.78, 5) is 11.7. The summed E-state index contributed by atoms with van der Waals surface area (Å²) in [5, 5.41) is 2.35. The third-order valence-electron chi connectivity index (χ3n) is 2.85. The Morgan fingerprint density at radius 3 is 2.50 bits per heavy atom. The summed E-state index contributed by atoms with van der Waals surface area (Å²) < 4.78 is 26.3. The summed E-state index contributed by atoms with van der Waals surface area (Å²) in [7, 11) is 0. The Hall–Kier alpha value is -2.43. The van der Waals surface area contributed by atoms with Crippen LogP contribution in [0.25, 0.3) is 0 Å². The number of rotatable bonds is 4. The molecule has 0 aliphatic rings. The second-order valence-corrected chi connectivity index (χ2v) is 4.39. The van der Waals surface area contributed by atoms with Crippen LogP contribution in [-0.4, -0.2) is 5.91 Å². The van der Waals surface area contributed by atoms with E-state index >= 15 is 0 Å². The van der Waals surface area contributed by atoms with E-state index in [9.17, 15) is 13.6 Å². The van der Waals surface area contributed by atoms with E-state index in [0.29, 0.717) is 12.1 Å². The van der Waals surface area contributed by atoms with Gasteiger partial charge in [0, 0.05) is 12.1 Å². The molecule has 5 heteroatoms. The zero-order valence-electron chi connectivity index (χ0n) is 10.7. The van der Waals surface area contributed by atoms with Crippen molar-refractivity contribution >= 4 is 17.3 Å². The van der Waals surface area contributed by atoms with Gasteiger partial charge < -0.3 is 11.1 Å². The number of aryl methyl sites for hydroxylation is 1. The number of nitrogens with two attached hydrogens (primary N) is 1. The van der Waals surface area contributed by atoms with Gasteiger partial charge in [-0.1, -0.05) is 18.2 Å². The highest BCUT2D eigenvalue weighted by Gasteiger charge is 2.10. The van der Waals surface area contributed by atoms with Gasteiger partial charge in [0.1, 0.15) is 0 Å². The van der Waals surface area contributed by atoms with Crippen molar-refractivity contribution in [2.24, 2.45) is 0 Å². The van der Waals surface area contributed by atoms with Crippen LogP contribution in [0.5, 0.6) is 0 Å². The lowest BCUT2D eigenvalue weighted by Crippen LogP contribution is -2.13. The Kier molecular flexibility index (Phi) is 4.30. The van der Waals surface area contributed by atoms with Gasteiger partial charge in [0.25, 0.3) is 0 Å². The Labute approximate surface area is 115 Å². The van der Waals surface area contributed by atoms with Crippen LogP contribution in [-0.2, 0) is 11.2 Å². The van der Waals surface area contributed by atoms with Gasteiger partial charge in [-0.2, -0.15) is 0 Å². The van der Waals surface area contributed by atoms with Crippen LogP contribution < -0.4 is 11.1 Å². The molecule has 0 bridgehead atoms. The molecule has 20 heavy (non-hydrogen) atoms. The summed E-state index contributed by atoms with van der Waals surface area (Å²) in [5.41, 5.74) is 7.02. The molecule has 0 heterocycles. The molecule has 2 rings (SSSR count). The molecule has 0 unspecified atom stereocenters. The first-order valence-electron chi connectivity index (χ1n) is 6.14. The van der Waals surface area contributed by atoms with Crippen molar-refractivity contribution in [3.63, 3.8) is 0 Å². The van der Waals surface area contributed by atoms with Crippen LogP contribution in [0.1, 0.15) is 12.0 Å². The summed E-state index contributed by atoms with van der Waals surface area (Å²) >= 11 is 0. The highest BCUT2D eigenvalue weighted by Crippen LogP contribution is 2.17. The number of hydrogen-bond acceptors (Lipinski definition) is 2. The molecule has 0 saturated heterocycles. The molecule has 0 saturated carbocycles. The minimum atomic E-state index is -1.05. The maximum atomic E-state index is 13.4. The molecule has 0 fully saturated rings. The van der Waals surface area contributed by atoms with Crippen molar-refractivity contribution in [3.05, 3.63) is 59.7 Å². The van der Waals surface area contributed by atoms with Crippen LogP contribution >= 0.6 is 0 Å². The minimum absolute atomic E-state index is 0.146. The molecular weight excluding hydrogens is 262 g/mol. The van der Waals surface area contributed by atoms with E-state index in [1.54, 1.807) is 12.1 Å². The number of halogens is 2. The van der Waals surface area contributed by atoms with Crippen LogP contribution in [0.4, 0.5) is 20.2 Å². The van der Waals surface area contributed by atoms with Crippen molar-refractivity contribution < 1.29 is 13.6 Å². The predicted molar refractivity (Wildman–Crippen MR) is 74.2 cm³/mol. The van der Waals surface area contributed by atoms with Crippen molar-refractivity contribution in [2.75, 3.05) is 11.1 Å². The Morgan fingerprint density at radius 2 is 1.80 bits per heavy atom. The van der Waals surface area contributed by atoms with Gasteiger partial charge in [-0.15, -0.1) is 0 Å². The van der Waals surface area contributed by atoms with Crippen LogP contribution in [0.2, 0.25) is 0 Å². The van der Waals surface area contributed by atoms with E-state index in [-0.39, 0.29) is 18.0 Å². The first-order valence-corrected chi connectivity index (χ1v) is 6.14. The van der Waals surface area contributed by atoms with Crippen LogP contribution in [0.15, 0.2) is 42.5 Å². The number of amides is 1.